The van der Waals surface area contributed by atoms with Gasteiger partial charge in [-0.05, 0) is 50.9 Å². The Morgan fingerprint density at radius 2 is 2.16 bits per heavy atom. The number of carbonyl (C=O) groups excluding carboxylic acids is 1. The normalized spacial score (nSPS) is 20.6. The average molecular weight is 343 g/mol. The molecule has 0 aliphatic carbocycles. The minimum Gasteiger partial charge on any atom is -0.490 e. The van der Waals surface area contributed by atoms with E-state index in [0.717, 1.165) is 30.6 Å². The Balaban J connectivity index is 2.02. The van der Waals surface area contributed by atoms with E-state index in [0.29, 0.717) is 22.7 Å². The molecule has 3 N–H and O–H groups in total. The van der Waals surface area contributed by atoms with Crippen molar-refractivity contribution in [3.8, 4) is 11.5 Å². The van der Waals surface area contributed by atoms with Gasteiger partial charge in [0.25, 0.3) is 5.91 Å². The van der Waals surface area contributed by atoms with Crippen LogP contribution in [0, 0.1) is 5.92 Å². The Hall–Kier alpha value is -2.34. The van der Waals surface area contributed by atoms with Crippen molar-refractivity contribution in [2.24, 2.45) is 11.7 Å². The average Bonchev–Trinajstić information content (AvgIpc) is 2.56. The van der Waals surface area contributed by atoms with E-state index in [9.17, 15) is 4.79 Å². The molecule has 0 radical (unpaired) electrons. The first kappa shape index (κ1) is 17.5. The van der Waals surface area contributed by atoms with Crippen molar-refractivity contribution in [3.63, 3.8) is 0 Å². The third kappa shape index (κ3) is 3.85. The number of piperidine rings is 1. The van der Waals surface area contributed by atoms with Gasteiger partial charge in [-0.15, -0.1) is 0 Å². The summed E-state index contributed by atoms with van der Waals surface area (Å²) in [5.74, 6) is 1.15. The summed E-state index contributed by atoms with van der Waals surface area (Å²) in [4.78, 5) is 16.1. The second-order valence-electron chi connectivity index (χ2n) is 6.83. The van der Waals surface area contributed by atoms with Gasteiger partial charge < -0.3 is 20.5 Å². The first-order valence-electron chi connectivity index (χ1n) is 8.72. The third-order valence-corrected chi connectivity index (χ3v) is 4.47. The molecule has 1 aromatic heterocycles. The number of primary amides is 1. The molecule has 2 aromatic rings. The molecule has 6 heteroatoms. The monoisotopic (exact) mass is 343 g/mol. The zero-order chi connectivity index (χ0) is 18.0. The highest BCUT2D eigenvalue weighted by Crippen LogP contribution is 2.33. The van der Waals surface area contributed by atoms with Crippen LogP contribution in [0.5, 0.6) is 11.5 Å². The minimum atomic E-state index is -0.532. The quantitative estimate of drug-likeness (QED) is 0.871. The molecule has 1 aliphatic heterocycles. The van der Waals surface area contributed by atoms with Gasteiger partial charge in [0.1, 0.15) is 17.6 Å². The Labute approximate surface area is 147 Å². The van der Waals surface area contributed by atoms with Crippen LogP contribution < -0.4 is 20.5 Å². The number of nitrogens with zero attached hydrogens (tertiary/aromatic N) is 1. The molecule has 1 fully saturated rings. The molecular formula is C19H25N3O3. The van der Waals surface area contributed by atoms with E-state index in [1.165, 1.54) is 0 Å². The first-order chi connectivity index (χ1) is 12.0. The molecule has 2 atom stereocenters. The highest BCUT2D eigenvalue weighted by atomic mass is 16.5. The van der Waals surface area contributed by atoms with Crippen molar-refractivity contribution >= 4 is 16.8 Å². The topological polar surface area (TPSA) is 86.5 Å². The fourth-order valence-corrected chi connectivity index (χ4v) is 3.08. The SMILES string of the molecule is CC(C)Oc1cc2c(O[C@H]3CNCC[C@@H]3C)ccnc2cc1C(N)=O. The predicted octanol–water partition coefficient (Wildman–Crippen LogP) is 2.50. The molecule has 0 unspecified atom stereocenters. The fourth-order valence-electron chi connectivity index (χ4n) is 3.08. The van der Waals surface area contributed by atoms with Crippen molar-refractivity contribution in [2.75, 3.05) is 13.1 Å². The summed E-state index contributed by atoms with van der Waals surface area (Å²) in [7, 11) is 0. The predicted molar refractivity (Wildman–Crippen MR) is 97.1 cm³/mol. The maximum Gasteiger partial charge on any atom is 0.252 e. The van der Waals surface area contributed by atoms with Crippen LogP contribution >= 0.6 is 0 Å². The lowest BCUT2D eigenvalue weighted by atomic mass is 9.97. The van der Waals surface area contributed by atoms with Crippen LogP contribution in [0.4, 0.5) is 0 Å². The van der Waals surface area contributed by atoms with Crippen molar-refractivity contribution < 1.29 is 14.3 Å². The fraction of sp³-hybridized carbons (Fsp3) is 0.474. The molecule has 134 valence electrons. The highest BCUT2D eigenvalue weighted by molar-refractivity contribution is 6.01. The zero-order valence-corrected chi connectivity index (χ0v) is 14.9. The number of amides is 1. The van der Waals surface area contributed by atoms with Crippen LogP contribution in [-0.4, -0.2) is 36.2 Å². The summed E-state index contributed by atoms with van der Waals surface area (Å²) in [6, 6.07) is 5.33. The molecule has 1 aliphatic rings. The summed E-state index contributed by atoms with van der Waals surface area (Å²) < 4.78 is 12.1. The van der Waals surface area contributed by atoms with Gasteiger partial charge in [-0.3, -0.25) is 9.78 Å². The number of nitrogens with two attached hydrogens (primary N) is 1. The van der Waals surface area contributed by atoms with Gasteiger partial charge in [0.15, 0.2) is 0 Å². The van der Waals surface area contributed by atoms with Crippen LogP contribution in [0.1, 0.15) is 37.6 Å². The molecule has 0 spiro atoms. The van der Waals surface area contributed by atoms with Crippen LogP contribution in [0.2, 0.25) is 0 Å². The molecule has 0 bridgehead atoms. The molecule has 3 rings (SSSR count). The summed E-state index contributed by atoms with van der Waals surface area (Å²) >= 11 is 0. The maximum atomic E-state index is 11.8. The van der Waals surface area contributed by atoms with Crippen LogP contribution in [0.25, 0.3) is 10.9 Å². The van der Waals surface area contributed by atoms with E-state index in [-0.39, 0.29) is 12.2 Å². The second kappa shape index (κ2) is 7.27. The number of nitrogens with one attached hydrogen (secondary N) is 1. The van der Waals surface area contributed by atoms with Gasteiger partial charge in [0.2, 0.25) is 0 Å². The minimum absolute atomic E-state index is 0.0702. The maximum absolute atomic E-state index is 11.8. The van der Waals surface area contributed by atoms with Crippen molar-refractivity contribution in [1.82, 2.24) is 10.3 Å². The number of carbonyl (C=O) groups is 1. The van der Waals surface area contributed by atoms with E-state index >= 15 is 0 Å². The van der Waals surface area contributed by atoms with Gasteiger partial charge in [-0.25, -0.2) is 0 Å². The Kier molecular flexibility index (Phi) is 5.08. The van der Waals surface area contributed by atoms with E-state index in [1.54, 1.807) is 18.3 Å². The van der Waals surface area contributed by atoms with E-state index in [1.807, 2.05) is 19.9 Å². The van der Waals surface area contributed by atoms with Crippen molar-refractivity contribution in [2.45, 2.75) is 39.4 Å². The lowest BCUT2D eigenvalue weighted by Gasteiger charge is -2.30. The van der Waals surface area contributed by atoms with Gasteiger partial charge in [0, 0.05) is 18.1 Å². The summed E-state index contributed by atoms with van der Waals surface area (Å²) in [6.07, 6.45) is 2.80. The van der Waals surface area contributed by atoms with E-state index < -0.39 is 5.91 Å². The number of hydrogen-bond donors (Lipinski definition) is 2. The highest BCUT2D eigenvalue weighted by Gasteiger charge is 2.24. The Morgan fingerprint density at radius 1 is 1.36 bits per heavy atom. The smallest absolute Gasteiger partial charge is 0.252 e. The molecule has 25 heavy (non-hydrogen) atoms. The number of aromatic nitrogens is 1. The molecule has 1 saturated heterocycles. The van der Waals surface area contributed by atoms with E-state index in [4.69, 9.17) is 15.2 Å². The molecule has 6 nitrogen and oxygen atoms in total. The zero-order valence-electron chi connectivity index (χ0n) is 14.9. The number of hydrogen-bond acceptors (Lipinski definition) is 5. The summed E-state index contributed by atoms with van der Waals surface area (Å²) in [6.45, 7) is 7.86. The second-order valence-corrected chi connectivity index (χ2v) is 6.83. The lowest BCUT2D eigenvalue weighted by Crippen LogP contribution is -2.42. The first-order valence-corrected chi connectivity index (χ1v) is 8.72. The summed E-state index contributed by atoms with van der Waals surface area (Å²) in [5.41, 5.74) is 6.50. The number of benzene rings is 1. The van der Waals surface area contributed by atoms with Crippen molar-refractivity contribution in [1.29, 1.82) is 0 Å². The Bertz CT molecular complexity index is 776. The molecule has 2 heterocycles. The number of pyridine rings is 1. The molecule has 1 amide bonds. The number of rotatable bonds is 5. The molecular weight excluding hydrogens is 318 g/mol. The van der Waals surface area contributed by atoms with Gasteiger partial charge in [0.05, 0.1) is 17.2 Å². The third-order valence-electron chi connectivity index (χ3n) is 4.47. The summed E-state index contributed by atoms with van der Waals surface area (Å²) in [5, 5.41) is 4.19. The van der Waals surface area contributed by atoms with E-state index in [2.05, 4.69) is 17.2 Å². The van der Waals surface area contributed by atoms with Crippen molar-refractivity contribution in [3.05, 3.63) is 30.0 Å². The van der Waals surface area contributed by atoms with Crippen LogP contribution in [0.15, 0.2) is 24.4 Å². The lowest BCUT2D eigenvalue weighted by molar-refractivity contribution is 0.0994. The van der Waals surface area contributed by atoms with Crippen LogP contribution in [0.3, 0.4) is 0 Å². The molecule has 0 saturated carbocycles. The van der Waals surface area contributed by atoms with Gasteiger partial charge in [-0.2, -0.15) is 0 Å². The number of fused-ring (bicyclic) bond motifs is 1. The molecule has 1 aromatic carbocycles. The largest absolute Gasteiger partial charge is 0.490 e. The van der Waals surface area contributed by atoms with Crippen LogP contribution in [-0.2, 0) is 0 Å². The standard InChI is InChI=1S/C19H25N3O3/c1-11(2)24-17-9-13-15(8-14(17)19(20)23)22-7-5-16(13)25-18-10-21-6-4-12(18)3/h5,7-9,11-12,18,21H,4,6,10H2,1-3H3,(H2,20,23)/t12-,18-/m0/s1. The van der Waals surface area contributed by atoms with Gasteiger partial charge in [-0.1, -0.05) is 6.92 Å². The van der Waals surface area contributed by atoms with Gasteiger partial charge >= 0.3 is 0 Å². The number of ether oxygens (including phenoxy) is 2. The Morgan fingerprint density at radius 3 is 2.84 bits per heavy atom.